The van der Waals surface area contributed by atoms with Crippen molar-refractivity contribution in [3.8, 4) is 22.8 Å². The van der Waals surface area contributed by atoms with Crippen LogP contribution in [-0.4, -0.2) is 87.2 Å². The molecule has 1 aliphatic carbocycles. The van der Waals surface area contributed by atoms with Crippen LogP contribution in [0.2, 0.25) is 0 Å². The first-order valence-electron chi connectivity index (χ1n) is 18.0. The number of hydrogen-bond acceptors (Lipinski definition) is 8. The number of rotatable bonds is 11. The maximum Gasteiger partial charge on any atom is 0.319 e. The molecule has 0 radical (unpaired) electrons. The lowest BCUT2D eigenvalue weighted by molar-refractivity contribution is -0.133. The molecule has 1 aliphatic heterocycles. The number of amides is 3. The molecule has 0 saturated heterocycles. The van der Waals surface area contributed by atoms with Gasteiger partial charge >= 0.3 is 6.03 Å². The Kier molecular flexibility index (Phi) is 11.8. The Hall–Kier alpha value is -4.97. The summed E-state index contributed by atoms with van der Waals surface area (Å²) in [5.74, 6) is 1.43. The van der Waals surface area contributed by atoms with Crippen molar-refractivity contribution in [3.05, 3.63) is 84.3 Å². The van der Waals surface area contributed by atoms with Gasteiger partial charge in [0.2, 0.25) is 5.91 Å². The highest BCUT2D eigenvalue weighted by Gasteiger charge is 2.32. The molecule has 0 spiro atoms. The van der Waals surface area contributed by atoms with Gasteiger partial charge in [-0.1, -0.05) is 31.4 Å². The SMILES string of the molecule is COc1ccc(-c2cn(CC(C)N3C[C@@H](C)[C@H](CN(C)Cc4ccncc4)Oc4ccc(NC(=O)NC5CCCCC5)cc4CC3=O)nn2)cc1. The van der Waals surface area contributed by atoms with Crippen LogP contribution in [0.1, 0.15) is 57.1 Å². The molecule has 3 heterocycles. The number of anilines is 1. The Morgan fingerprint density at radius 1 is 1.08 bits per heavy atom. The molecule has 1 fully saturated rings. The zero-order valence-corrected chi connectivity index (χ0v) is 30.1. The van der Waals surface area contributed by atoms with Gasteiger partial charge in [-0.2, -0.15) is 0 Å². The van der Waals surface area contributed by atoms with Crippen LogP contribution in [0.25, 0.3) is 11.3 Å². The lowest BCUT2D eigenvalue weighted by Gasteiger charge is -2.34. The predicted octanol–water partition coefficient (Wildman–Crippen LogP) is 5.79. The second kappa shape index (κ2) is 16.8. The van der Waals surface area contributed by atoms with Crippen LogP contribution < -0.4 is 20.1 Å². The molecule has 6 rings (SSSR count). The highest BCUT2D eigenvalue weighted by Crippen LogP contribution is 2.30. The van der Waals surface area contributed by atoms with E-state index in [1.807, 2.05) is 65.7 Å². The summed E-state index contributed by atoms with van der Waals surface area (Å²) in [6.07, 6.45) is 10.9. The molecule has 1 unspecified atom stereocenters. The summed E-state index contributed by atoms with van der Waals surface area (Å²) >= 11 is 0. The predicted molar refractivity (Wildman–Crippen MR) is 197 cm³/mol. The van der Waals surface area contributed by atoms with Crippen molar-refractivity contribution in [1.29, 1.82) is 0 Å². The largest absolute Gasteiger partial charge is 0.497 e. The topological polar surface area (TPSA) is 127 Å². The van der Waals surface area contributed by atoms with Gasteiger partial charge in [-0.3, -0.25) is 14.7 Å². The molecular weight excluding hydrogens is 644 g/mol. The zero-order chi connectivity index (χ0) is 35.7. The Morgan fingerprint density at radius 2 is 1.84 bits per heavy atom. The fourth-order valence-corrected chi connectivity index (χ4v) is 7.05. The van der Waals surface area contributed by atoms with E-state index < -0.39 is 0 Å². The van der Waals surface area contributed by atoms with E-state index in [0.717, 1.165) is 60.4 Å². The van der Waals surface area contributed by atoms with Crippen molar-refractivity contribution in [3.63, 3.8) is 0 Å². The number of urea groups is 1. The van der Waals surface area contributed by atoms with Crippen LogP contribution >= 0.6 is 0 Å². The van der Waals surface area contributed by atoms with Gasteiger partial charge in [0.1, 0.15) is 23.3 Å². The first-order valence-corrected chi connectivity index (χ1v) is 18.0. The number of nitrogens with zero attached hydrogens (tertiary/aromatic N) is 6. The van der Waals surface area contributed by atoms with Crippen molar-refractivity contribution >= 4 is 17.6 Å². The Labute approximate surface area is 300 Å². The highest BCUT2D eigenvalue weighted by molar-refractivity contribution is 5.90. The molecule has 2 aliphatic rings. The fraction of sp³-hybridized carbons (Fsp3) is 0.462. The third-order valence-corrected chi connectivity index (χ3v) is 9.92. The molecule has 3 amide bonds. The number of ether oxygens (including phenoxy) is 2. The number of methoxy groups -OCH3 is 1. The quantitative estimate of drug-likeness (QED) is 0.202. The van der Waals surface area contributed by atoms with Gasteiger partial charge in [-0.05, 0) is 87.0 Å². The third-order valence-electron chi connectivity index (χ3n) is 9.92. The van der Waals surface area contributed by atoms with E-state index in [9.17, 15) is 9.59 Å². The van der Waals surface area contributed by atoms with E-state index >= 15 is 0 Å². The molecule has 1 saturated carbocycles. The number of nitrogens with one attached hydrogen (secondary N) is 2. The van der Waals surface area contributed by atoms with Gasteiger partial charge in [0.05, 0.1) is 26.3 Å². The van der Waals surface area contributed by atoms with Gasteiger partial charge < -0.3 is 25.0 Å². The number of carbonyl (C=O) groups excluding carboxylic acids is 2. The maximum atomic E-state index is 14.2. The zero-order valence-electron chi connectivity index (χ0n) is 30.1. The summed E-state index contributed by atoms with van der Waals surface area (Å²) in [7, 11) is 3.72. The van der Waals surface area contributed by atoms with Gasteiger partial charge in [0, 0.05) is 66.8 Å². The molecule has 4 aromatic rings. The minimum absolute atomic E-state index is 0.00641. The summed E-state index contributed by atoms with van der Waals surface area (Å²) < 4.78 is 13.9. The van der Waals surface area contributed by atoms with Crippen molar-refractivity contribution in [1.82, 2.24) is 35.1 Å². The van der Waals surface area contributed by atoms with Gasteiger partial charge in [0.25, 0.3) is 0 Å². The fourth-order valence-electron chi connectivity index (χ4n) is 7.05. The van der Waals surface area contributed by atoms with Gasteiger partial charge in [0.15, 0.2) is 0 Å². The number of aromatic nitrogens is 4. The molecule has 51 heavy (non-hydrogen) atoms. The molecule has 270 valence electrons. The monoisotopic (exact) mass is 694 g/mol. The molecule has 12 nitrogen and oxygen atoms in total. The van der Waals surface area contributed by atoms with Gasteiger partial charge in [-0.25, -0.2) is 9.48 Å². The van der Waals surface area contributed by atoms with Crippen LogP contribution in [0.3, 0.4) is 0 Å². The molecule has 12 heteroatoms. The number of likely N-dealkylation sites (N-methyl/N-ethyl adjacent to an activating group) is 1. The van der Waals surface area contributed by atoms with E-state index in [0.29, 0.717) is 31.1 Å². The van der Waals surface area contributed by atoms with Crippen molar-refractivity contribution in [2.45, 2.75) is 83.6 Å². The number of pyridine rings is 1. The van der Waals surface area contributed by atoms with Crippen LogP contribution in [0.4, 0.5) is 10.5 Å². The van der Waals surface area contributed by atoms with Crippen molar-refractivity contribution < 1.29 is 19.1 Å². The van der Waals surface area contributed by atoms with Crippen LogP contribution in [0, 0.1) is 5.92 Å². The van der Waals surface area contributed by atoms with Crippen molar-refractivity contribution in [2.75, 3.05) is 32.6 Å². The molecule has 0 bridgehead atoms. The lowest BCUT2D eigenvalue weighted by atomic mass is 9.96. The summed E-state index contributed by atoms with van der Waals surface area (Å²) in [5.41, 5.74) is 4.22. The number of fused-ring (bicyclic) bond motifs is 1. The van der Waals surface area contributed by atoms with Crippen LogP contribution in [0.15, 0.2) is 73.2 Å². The van der Waals surface area contributed by atoms with E-state index in [2.05, 4.69) is 51.7 Å². The molecule has 2 N–H and O–H groups in total. The van der Waals surface area contributed by atoms with E-state index in [-0.39, 0.29) is 42.5 Å². The first-order chi connectivity index (χ1) is 24.7. The summed E-state index contributed by atoms with van der Waals surface area (Å²) in [6.45, 7) is 6.57. The molecular formula is C39H50N8O4. The number of carbonyl (C=O) groups is 2. The second-order valence-corrected chi connectivity index (χ2v) is 14.1. The Bertz CT molecular complexity index is 1740. The van der Waals surface area contributed by atoms with E-state index in [1.54, 1.807) is 24.2 Å². The minimum Gasteiger partial charge on any atom is -0.497 e. The van der Waals surface area contributed by atoms with Gasteiger partial charge in [-0.15, -0.1) is 5.10 Å². The maximum absolute atomic E-state index is 14.2. The standard InChI is InChI=1S/C39H50N8O4/c1-27-22-47(28(2)23-46-25-35(43-44-46)30-10-13-34(50-4)14-11-30)38(48)21-31-20-33(42-39(49)41-32-8-6-5-7-9-32)12-15-36(31)51-37(27)26-45(3)24-29-16-18-40-19-17-29/h10-20,25,27-28,32,37H,5-9,21-24,26H2,1-4H3,(H2,41,42,49)/t27-,28?,37+/m1/s1. The molecule has 2 aromatic carbocycles. The summed E-state index contributed by atoms with van der Waals surface area (Å²) in [6, 6.07) is 17.2. The average Bonchev–Trinajstić information content (AvgIpc) is 3.61. The number of hydrogen-bond donors (Lipinski definition) is 2. The molecule has 2 aromatic heterocycles. The van der Waals surface area contributed by atoms with E-state index in [4.69, 9.17) is 9.47 Å². The summed E-state index contributed by atoms with van der Waals surface area (Å²) in [5, 5.41) is 14.9. The highest BCUT2D eigenvalue weighted by atomic mass is 16.5. The van der Waals surface area contributed by atoms with Crippen LogP contribution in [-0.2, 0) is 24.3 Å². The molecule has 3 atom stereocenters. The summed E-state index contributed by atoms with van der Waals surface area (Å²) in [4.78, 5) is 35.5. The Morgan fingerprint density at radius 3 is 2.59 bits per heavy atom. The Balaban J connectivity index is 1.21. The second-order valence-electron chi connectivity index (χ2n) is 14.1. The van der Waals surface area contributed by atoms with E-state index in [1.165, 1.54) is 6.42 Å². The lowest BCUT2D eigenvalue weighted by Crippen LogP contribution is -2.47. The van der Waals surface area contributed by atoms with Crippen LogP contribution in [0.5, 0.6) is 11.5 Å². The number of benzene rings is 2. The third kappa shape index (κ3) is 9.63. The average molecular weight is 695 g/mol. The first kappa shape index (κ1) is 35.8. The van der Waals surface area contributed by atoms with Crippen molar-refractivity contribution in [2.24, 2.45) is 5.92 Å². The minimum atomic E-state index is -0.224. The normalized spacial score (nSPS) is 18.9. The smallest absolute Gasteiger partial charge is 0.319 e.